The first-order chi connectivity index (χ1) is 22.9. The molecular formula is C35H42N4O8. The van der Waals surface area contributed by atoms with Crippen LogP contribution in [-0.4, -0.2) is 84.0 Å². The van der Waals surface area contributed by atoms with Crippen LogP contribution in [0.15, 0.2) is 96.1 Å². The monoisotopic (exact) mass is 646 g/mol. The van der Waals surface area contributed by atoms with Gasteiger partial charge < -0.3 is 34.1 Å². The topological polar surface area (TPSA) is 164 Å². The van der Waals surface area contributed by atoms with Crippen molar-refractivity contribution in [3.63, 3.8) is 0 Å². The Labute approximate surface area is 274 Å². The minimum atomic E-state index is -1.54. The van der Waals surface area contributed by atoms with E-state index in [1.807, 2.05) is 60.7 Å². The van der Waals surface area contributed by atoms with Crippen molar-refractivity contribution >= 4 is 12.1 Å². The van der Waals surface area contributed by atoms with Crippen molar-refractivity contribution in [2.24, 2.45) is 5.11 Å². The summed E-state index contributed by atoms with van der Waals surface area (Å²) in [5.74, 6) is -0.585. The number of benzene rings is 3. The molecule has 2 N–H and O–H groups in total. The van der Waals surface area contributed by atoms with Gasteiger partial charge in [-0.1, -0.05) is 96.8 Å². The van der Waals surface area contributed by atoms with Crippen LogP contribution in [0.3, 0.4) is 0 Å². The van der Waals surface area contributed by atoms with Crippen molar-refractivity contribution in [3.8, 4) is 0 Å². The lowest BCUT2D eigenvalue weighted by atomic mass is 9.86. The molecule has 1 fully saturated rings. The Kier molecular flexibility index (Phi) is 14.0. The molecule has 0 radical (unpaired) electrons. The summed E-state index contributed by atoms with van der Waals surface area (Å²) in [7, 11) is 0. The summed E-state index contributed by atoms with van der Waals surface area (Å²) in [6.45, 7) is 0.852. The summed E-state index contributed by atoms with van der Waals surface area (Å²) in [5, 5.41) is 25.3. The minimum Gasteiger partial charge on any atom is -0.459 e. The maximum Gasteiger partial charge on any atom is 0.410 e. The van der Waals surface area contributed by atoms with Gasteiger partial charge in [0.2, 0.25) is 0 Å². The maximum absolute atomic E-state index is 12.9. The summed E-state index contributed by atoms with van der Waals surface area (Å²) < 4.78 is 22.3. The van der Waals surface area contributed by atoms with Gasteiger partial charge in [-0.3, -0.25) is 0 Å². The number of rotatable bonds is 17. The zero-order valence-corrected chi connectivity index (χ0v) is 26.3. The number of unbranched alkanes of at least 4 members (excludes halogenated alkanes) is 3. The van der Waals surface area contributed by atoms with E-state index in [4.69, 9.17) is 18.9 Å². The lowest BCUT2D eigenvalue weighted by molar-refractivity contribution is -0.193. The molecule has 12 heteroatoms. The van der Waals surface area contributed by atoms with Gasteiger partial charge in [0, 0.05) is 24.6 Å². The Balaban J connectivity index is 1.17. The highest BCUT2D eigenvalue weighted by Gasteiger charge is 2.49. The molecule has 250 valence electrons. The summed E-state index contributed by atoms with van der Waals surface area (Å²) >= 11 is 0. The summed E-state index contributed by atoms with van der Waals surface area (Å²) in [4.78, 5) is 29.8. The average molecular weight is 647 g/mol. The average Bonchev–Trinajstić information content (AvgIpc) is 3.11. The first-order valence-corrected chi connectivity index (χ1v) is 15.8. The van der Waals surface area contributed by atoms with E-state index < -0.39 is 29.8 Å². The number of azide groups is 1. The molecule has 12 nitrogen and oxygen atoms in total. The van der Waals surface area contributed by atoms with Crippen LogP contribution in [-0.2, 0) is 32.1 Å². The van der Waals surface area contributed by atoms with Gasteiger partial charge >= 0.3 is 12.1 Å². The molecule has 47 heavy (non-hydrogen) atoms. The number of esters is 1. The summed E-state index contributed by atoms with van der Waals surface area (Å²) in [5.41, 5.74) is 9.93. The van der Waals surface area contributed by atoms with E-state index in [2.05, 4.69) is 10.0 Å². The van der Waals surface area contributed by atoms with Gasteiger partial charge in [-0.25, -0.2) is 9.59 Å². The fourth-order valence-electron chi connectivity index (χ4n) is 5.21. The Morgan fingerprint density at radius 1 is 0.894 bits per heavy atom. The number of carbonyl (C=O) groups excluding carboxylic acids is 2. The molecule has 3 aromatic rings. The molecule has 3 unspecified atom stereocenters. The highest BCUT2D eigenvalue weighted by Crippen LogP contribution is 2.29. The van der Waals surface area contributed by atoms with Crippen LogP contribution in [0.1, 0.15) is 47.2 Å². The molecule has 4 atom stereocenters. The number of carbonyl (C=O) groups is 2. The Morgan fingerprint density at radius 3 is 2.21 bits per heavy atom. The van der Waals surface area contributed by atoms with Gasteiger partial charge in [-0.15, -0.1) is 0 Å². The van der Waals surface area contributed by atoms with Gasteiger partial charge in [-0.2, -0.15) is 0 Å². The third kappa shape index (κ3) is 10.8. The fourth-order valence-corrected chi connectivity index (χ4v) is 5.21. The highest BCUT2D eigenvalue weighted by atomic mass is 16.6. The van der Waals surface area contributed by atoms with Crippen molar-refractivity contribution < 1.29 is 38.7 Å². The second kappa shape index (κ2) is 18.6. The van der Waals surface area contributed by atoms with Gasteiger partial charge in [0.25, 0.3) is 0 Å². The standard InChI is InChI=1S/C35H42N4O8/c36-38-37-35(26-47-30(31(40)32(35)41)24-45-33(42)29-18-10-5-11-19-29)25-44-21-13-2-1-12-20-39(22-27-14-6-3-7-15-27)34(43)46-23-28-16-8-4-9-17-28/h3-11,14-19,30-32,40-41H,1-2,12-13,20-26H2/t30?,31-,32?,35?/m0/s1. The van der Waals surface area contributed by atoms with Gasteiger partial charge in [-0.05, 0) is 41.6 Å². The van der Waals surface area contributed by atoms with Crippen molar-refractivity contribution in [1.82, 2.24) is 4.90 Å². The van der Waals surface area contributed by atoms with Crippen LogP contribution < -0.4 is 0 Å². The fraction of sp³-hybridized carbons (Fsp3) is 0.429. The van der Waals surface area contributed by atoms with Crippen LogP contribution in [0.4, 0.5) is 4.79 Å². The largest absolute Gasteiger partial charge is 0.459 e. The smallest absolute Gasteiger partial charge is 0.410 e. The molecular weight excluding hydrogens is 604 g/mol. The normalized spacial score (nSPS) is 20.5. The number of nitrogens with zero attached hydrogens (tertiary/aromatic N) is 4. The van der Waals surface area contributed by atoms with E-state index in [0.717, 1.165) is 30.4 Å². The van der Waals surface area contributed by atoms with Crippen molar-refractivity contribution in [2.45, 2.75) is 62.7 Å². The zero-order valence-electron chi connectivity index (χ0n) is 26.3. The minimum absolute atomic E-state index is 0.163. The number of amides is 1. The van der Waals surface area contributed by atoms with Crippen LogP contribution in [0.5, 0.6) is 0 Å². The molecule has 4 rings (SSSR count). The lowest BCUT2D eigenvalue weighted by Gasteiger charge is -2.43. The van der Waals surface area contributed by atoms with Crippen molar-refractivity contribution in [3.05, 3.63) is 118 Å². The second-order valence-electron chi connectivity index (χ2n) is 11.5. The molecule has 1 aliphatic rings. The molecule has 1 saturated heterocycles. The number of aliphatic hydroxyl groups excluding tert-OH is 2. The summed E-state index contributed by atoms with van der Waals surface area (Å²) in [6, 6.07) is 27.7. The van der Waals surface area contributed by atoms with E-state index in [9.17, 15) is 25.3 Å². The molecule has 0 spiro atoms. The third-order valence-corrected chi connectivity index (χ3v) is 7.93. The van der Waals surface area contributed by atoms with Crippen LogP contribution in [0.25, 0.3) is 10.4 Å². The Bertz CT molecular complexity index is 1430. The number of ether oxygens (including phenoxy) is 4. The molecule has 0 saturated carbocycles. The molecule has 1 aliphatic heterocycles. The highest BCUT2D eigenvalue weighted by molar-refractivity contribution is 5.89. The van der Waals surface area contributed by atoms with Crippen LogP contribution in [0.2, 0.25) is 0 Å². The Hall–Kier alpha value is -4.45. The third-order valence-electron chi connectivity index (χ3n) is 7.93. The quantitative estimate of drug-likeness (QED) is 0.0645. The number of hydrogen-bond acceptors (Lipinski definition) is 9. The molecule has 3 aromatic carbocycles. The predicted octanol–water partition coefficient (Wildman–Crippen LogP) is 5.43. The lowest BCUT2D eigenvalue weighted by Crippen LogP contribution is -2.63. The number of aliphatic hydroxyl groups is 2. The zero-order chi connectivity index (χ0) is 33.3. The van der Waals surface area contributed by atoms with Crippen molar-refractivity contribution in [1.29, 1.82) is 0 Å². The first-order valence-electron chi connectivity index (χ1n) is 15.8. The molecule has 0 bridgehead atoms. The van der Waals surface area contributed by atoms with Gasteiger partial charge in [0.05, 0.1) is 24.9 Å². The van der Waals surface area contributed by atoms with E-state index in [1.54, 1.807) is 35.2 Å². The van der Waals surface area contributed by atoms with E-state index in [1.165, 1.54) is 0 Å². The Morgan fingerprint density at radius 2 is 1.53 bits per heavy atom. The summed E-state index contributed by atoms with van der Waals surface area (Å²) in [6.07, 6.45) is -1.21. The van der Waals surface area contributed by atoms with E-state index in [-0.39, 0.29) is 32.5 Å². The van der Waals surface area contributed by atoms with Gasteiger partial charge in [0.15, 0.2) is 0 Å². The molecule has 1 heterocycles. The predicted molar refractivity (Wildman–Crippen MR) is 173 cm³/mol. The molecule has 0 aliphatic carbocycles. The van der Waals surface area contributed by atoms with Gasteiger partial charge in [0.1, 0.15) is 31.0 Å². The molecule has 1 amide bonds. The maximum atomic E-state index is 12.9. The van der Waals surface area contributed by atoms with E-state index in [0.29, 0.717) is 31.7 Å². The second-order valence-corrected chi connectivity index (χ2v) is 11.5. The van der Waals surface area contributed by atoms with Crippen LogP contribution >= 0.6 is 0 Å². The van der Waals surface area contributed by atoms with Crippen LogP contribution in [0, 0.1) is 0 Å². The van der Waals surface area contributed by atoms with Crippen molar-refractivity contribution in [2.75, 3.05) is 33.0 Å². The molecule has 0 aromatic heterocycles. The number of hydrogen-bond donors (Lipinski definition) is 2. The van der Waals surface area contributed by atoms with E-state index >= 15 is 0 Å². The SMILES string of the molecule is [N-]=[N+]=NC1(COCCCCCCN(Cc2ccccc2)C(=O)OCc2ccccc2)COC(COC(=O)c2ccccc2)[C@H](O)C1O. The first kappa shape index (κ1) is 35.4.